The number of nitrogens with one attached hydrogen (secondary N) is 1. The summed E-state index contributed by atoms with van der Waals surface area (Å²) < 4.78 is 0. The molecule has 1 N–H and O–H groups in total. The fourth-order valence-electron chi connectivity index (χ4n) is 3.86. The van der Waals surface area contributed by atoms with Crippen molar-refractivity contribution >= 4 is 29.3 Å². The van der Waals surface area contributed by atoms with Gasteiger partial charge >= 0.3 is 0 Å². The highest BCUT2D eigenvalue weighted by atomic mass is 32.2. The van der Waals surface area contributed by atoms with Crippen LogP contribution in [0.15, 0.2) is 29.2 Å². The van der Waals surface area contributed by atoms with E-state index >= 15 is 0 Å². The molecule has 2 aliphatic heterocycles. The minimum Gasteiger partial charge on any atom is -0.342 e. The highest BCUT2D eigenvalue weighted by molar-refractivity contribution is 7.98. The van der Waals surface area contributed by atoms with Gasteiger partial charge in [-0.15, -0.1) is 11.8 Å². The fraction of sp³-hybridized carbons (Fsp3) is 0.579. The van der Waals surface area contributed by atoms with Crippen LogP contribution in [0.1, 0.15) is 19.3 Å². The van der Waals surface area contributed by atoms with Crippen molar-refractivity contribution in [2.24, 2.45) is 11.8 Å². The topological polar surface area (TPSA) is 52.7 Å². The molecule has 6 heteroatoms. The molecule has 1 aromatic rings. The summed E-state index contributed by atoms with van der Waals surface area (Å²) in [5.74, 6) is 0.521. The SMILES string of the molecule is CNCC1CCCN(C(=O)C2CC(=O)N(c3ccc(SC)cc3)C2)C1. The number of benzene rings is 1. The Balaban J connectivity index is 1.64. The Morgan fingerprint density at radius 1 is 1.28 bits per heavy atom. The number of hydrogen-bond acceptors (Lipinski definition) is 4. The second-order valence-electron chi connectivity index (χ2n) is 6.95. The maximum atomic E-state index is 12.9. The number of carbonyl (C=O) groups excluding carboxylic acids is 2. The van der Waals surface area contributed by atoms with E-state index in [-0.39, 0.29) is 17.7 Å². The molecule has 2 atom stereocenters. The largest absolute Gasteiger partial charge is 0.342 e. The Hall–Kier alpha value is -1.53. The molecule has 2 unspecified atom stereocenters. The Kier molecular flexibility index (Phi) is 6.02. The third kappa shape index (κ3) is 4.18. The molecule has 2 amide bonds. The Labute approximate surface area is 154 Å². The standard InChI is InChI=1S/C19H27N3O2S/c1-20-11-14-4-3-9-21(12-14)19(24)15-10-18(23)22(13-15)16-5-7-17(25-2)8-6-16/h5-8,14-15,20H,3-4,9-13H2,1-2H3. The molecular formula is C19H27N3O2S. The number of hydrogen-bond donors (Lipinski definition) is 1. The zero-order valence-corrected chi connectivity index (χ0v) is 15.8. The first kappa shape index (κ1) is 18.3. The first-order chi connectivity index (χ1) is 12.1. The van der Waals surface area contributed by atoms with Gasteiger partial charge in [0, 0.05) is 36.6 Å². The minimum absolute atomic E-state index is 0.0547. The number of nitrogens with zero attached hydrogens (tertiary/aromatic N) is 2. The predicted molar refractivity (Wildman–Crippen MR) is 102 cm³/mol. The average molecular weight is 362 g/mol. The van der Waals surface area contributed by atoms with Crippen molar-refractivity contribution in [3.63, 3.8) is 0 Å². The molecule has 2 saturated heterocycles. The number of anilines is 1. The van der Waals surface area contributed by atoms with E-state index in [2.05, 4.69) is 5.32 Å². The zero-order chi connectivity index (χ0) is 17.8. The second kappa shape index (κ2) is 8.23. The number of thioether (sulfide) groups is 1. The first-order valence-electron chi connectivity index (χ1n) is 9.00. The fourth-order valence-corrected chi connectivity index (χ4v) is 4.27. The number of carbonyl (C=O) groups is 2. The quantitative estimate of drug-likeness (QED) is 0.817. The van der Waals surface area contributed by atoms with E-state index in [0.717, 1.165) is 31.7 Å². The van der Waals surface area contributed by atoms with Crippen LogP contribution in [-0.2, 0) is 9.59 Å². The number of rotatable bonds is 5. The van der Waals surface area contributed by atoms with Gasteiger partial charge in [-0.2, -0.15) is 0 Å². The van der Waals surface area contributed by atoms with E-state index in [1.807, 2.05) is 42.5 Å². The van der Waals surface area contributed by atoms with Crippen LogP contribution < -0.4 is 10.2 Å². The Morgan fingerprint density at radius 2 is 2.04 bits per heavy atom. The maximum Gasteiger partial charge on any atom is 0.228 e. The van der Waals surface area contributed by atoms with Gasteiger partial charge in [-0.25, -0.2) is 0 Å². The van der Waals surface area contributed by atoms with Crippen LogP contribution in [0.2, 0.25) is 0 Å². The van der Waals surface area contributed by atoms with E-state index < -0.39 is 0 Å². The lowest BCUT2D eigenvalue weighted by Crippen LogP contribution is -2.45. The van der Waals surface area contributed by atoms with Crippen LogP contribution >= 0.6 is 11.8 Å². The summed E-state index contributed by atoms with van der Waals surface area (Å²) in [5, 5.41) is 3.21. The first-order valence-corrected chi connectivity index (χ1v) is 10.2. The van der Waals surface area contributed by atoms with Gasteiger partial charge in [0.05, 0.1) is 5.92 Å². The number of piperidine rings is 1. The van der Waals surface area contributed by atoms with Gasteiger partial charge in [0.15, 0.2) is 0 Å². The van der Waals surface area contributed by atoms with E-state index in [1.165, 1.54) is 11.3 Å². The molecule has 2 heterocycles. The summed E-state index contributed by atoms with van der Waals surface area (Å²) in [4.78, 5) is 30.2. The summed E-state index contributed by atoms with van der Waals surface area (Å²) in [6.45, 7) is 3.09. The van der Waals surface area contributed by atoms with Gasteiger partial charge in [0.1, 0.15) is 0 Å². The van der Waals surface area contributed by atoms with Crippen molar-refractivity contribution in [2.45, 2.75) is 24.2 Å². The molecule has 0 spiro atoms. The van der Waals surface area contributed by atoms with Crippen molar-refractivity contribution in [3.05, 3.63) is 24.3 Å². The molecule has 0 saturated carbocycles. The molecule has 0 bridgehead atoms. The van der Waals surface area contributed by atoms with E-state index in [4.69, 9.17) is 0 Å². The van der Waals surface area contributed by atoms with Crippen LogP contribution in [0, 0.1) is 11.8 Å². The number of amides is 2. The lowest BCUT2D eigenvalue weighted by Gasteiger charge is -2.34. The van der Waals surface area contributed by atoms with Crippen LogP contribution in [0.5, 0.6) is 0 Å². The molecule has 2 fully saturated rings. The van der Waals surface area contributed by atoms with Crippen LogP contribution in [0.3, 0.4) is 0 Å². The molecule has 0 aromatic heterocycles. The van der Waals surface area contributed by atoms with Crippen molar-refractivity contribution in [3.8, 4) is 0 Å². The van der Waals surface area contributed by atoms with Crippen molar-refractivity contribution < 1.29 is 9.59 Å². The monoisotopic (exact) mass is 361 g/mol. The van der Waals surface area contributed by atoms with E-state index in [9.17, 15) is 9.59 Å². The lowest BCUT2D eigenvalue weighted by atomic mass is 9.96. The van der Waals surface area contributed by atoms with Crippen molar-refractivity contribution in [1.29, 1.82) is 0 Å². The van der Waals surface area contributed by atoms with Gasteiger partial charge in [-0.1, -0.05) is 0 Å². The van der Waals surface area contributed by atoms with Gasteiger partial charge < -0.3 is 15.1 Å². The molecule has 2 aliphatic rings. The lowest BCUT2D eigenvalue weighted by molar-refractivity contribution is -0.137. The molecular weight excluding hydrogens is 334 g/mol. The minimum atomic E-state index is -0.207. The molecule has 3 rings (SSSR count). The van der Waals surface area contributed by atoms with Crippen molar-refractivity contribution in [1.82, 2.24) is 10.2 Å². The zero-order valence-electron chi connectivity index (χ0n) is 15.0. The van der Waals surface area contributed by atoms with Gasteiger partial charge in [-0.3, -0.25) is 9.59 Å². The summed E-state index contributed by atoms with van der Waals surface area (Å²) in [5.41, 5.74) is 0.893. The summed E-state index contributed by atoms with van der Waals surface area (Å²) >= 11 is 1.68. The molecule has 0 aliphatic carbocycles. The highest BCUT2D eigenvalue weighted by Gasteiger charge is 2.38. The molecule has 5 nitrogen and oxygen atoms in total. The third-order valence-electron chi connectivity index (χ3n) is 5.18. The maximum absolute atomic E-state index is 12.9. The van der Waals surface area contributed by atoms with Gasteiger partial charge in [0.2, 0.25) is 11.8 Å². The van der Waals surface area contributed by atoms with E-state index in [1.54, 1.807) is 16.7 Å². The number of likely N-dealkylation sites (tertiary alicyclic amines) is 1. The Morgan fingerprint density at radius 3 is 2.72 bits per heavy atom. The normalized spacial score (nSPS) is 24.0. The second-order valence-corrected chi connectivity index (χ2v) is 7.83. The summed E-state index contributed by atoms with van der Waals surface area (Å²) in [6, 6.07) is 7.99. The van der Waals surface area contributed by atoms with E-state index in [0.29, 0.717) is 18.9 Å². The molecule has 25 heavy (non-hydrogen) atoms. The average Bonchev–Trinajstić information content (AvgIpc) is 3.03. The molecule has 136 valence electrons. The van der Waals surface area contributed by atoms with Crippen LogP contribution in [0.4, 0.5) is 5.69 Å². The summed E-state index contributed by atoms with van der Waals surface area (Å²) in [7, 11) is 1.95. The third-order valence-corrected chi connectivity index (χ3v) is 5.93. The molecule has 0 radical (unpaired) electrons. The Bertz CT molecular complexity index is 618. The predicted octanol–water partition coefficient (Wildman–Crippen LogP) is 2.22. The van der Waals surface area contributed by atoms with Crippen LogP contribution in [0.25, 0.3) is 0 Å². The van der Waals surface area contributed by atoms with Crippen molar-refractivity contribution in [2.75, 3.05) is 44.4 Å². The van der Waals surface area contributed by atoms with Gasteiger partial charge in [-0.05, 0) is 62.9 Å². The summed E-state index contributed by atoms with van der Waals surface area (Å²) in [6.07, 6.45) is 4.59. The van der Waals surface area contributed by atoms with Crippen LogP contribution in [-0.4, -0.2) is 56.2 Å². The highest BCUT2D eigenvalue weighted by Crippen LogP contribution is 2.29. The molecule has 1 aromatic carbocycles. The van der Waals surface area contributed by atoms with Gasteiger partial charge in [0.25, 0.3) is 0 Å². The smallest absolute Gasteiger partial charge is 0.228 e.